The number of hydrogen-bond donors (Lipinski definition) is 0. The van der Waals surface area contributed by atoms with Crippen molar-refractivity contribution in [2.75, 3.05) is 13.1 Å². The predicted octanol–water partition coefficient (Wildman–Crippen LogP) is 2.28. The van der Waals surface area contributed by atoms with Gasteiger partial charge in [-0.3, -0.25) is 4.90 Å². The zero-order valence-electron chi connectivity index (χ0n) is 8.54. The van der Waals surface area contributed by atoms with Crippen LogP contribution < -0.4 is 0 Å². The van der Waals surface area contributed by atoms with E-state index in [0.717, 1.165) is 18.1 Å². The van der Waals surface area contributed by atoms with Crippen molar-refractivity contribution in [3.8, 4) is 0 Å². The first-order valence-corrected chi connectivity index (χ1v) is 6.35. The first-order valence-electron chi connectivity index (χ1n) is 5.38. The van der Waals surface area contributed by atoms with Gasteiger partial charge in [0.1, 0.15) is 0 Å². The molecule has 2 aliphatic heterocycles. The van der Waals surface area contributed by atoms with Crippen molar-refractivity contribution in [2.45, 2.75) is 51.2 Å². The monoisotopic (exact) mass is 294 g/mol. The predicted molar refractivity (Wildman–Crippen MR) is 64.0 cm³/mol. The highest BCUT2D eigenvalue weighted by Crippen LogP contribution is 2.33. The van der Waals surface area contributed by atoms with Crippen molar-refractivity contribution in [3.63, 3.8) is 0 Å². The summed E-state index contributed by atoms with van der Waals surface area (Å²) in [6.07, 6.45) is 4.18. The van der Waals surface area contributed by atoms with Crippen LogP contribution in [0.15, 0.2) is 0 Å². The zero-order valence-corrected chi connectivity index (χ0v) is 10.7. The molecule has 2 aliphatic rings. The van der Waals surface area contributed by atoms with Crippen LogP contribution in [-0.2, 0) is 0 Å². The number of likely N-dealkylation sites (tertiary alicyclic amines) is 1. The van der Waals surface area contributed by atoms with Crippen molar-refractivity contribution in [1.29, 1.82) is 0 Å². The van der Waals surface area contributed by atoms with Gasteiger partial charge in [0.25, 0.3) is 0 Å². The number of nitrogens with zero attached hydrogens (tertiary/aromatic N) is 2. The van der Waals surface area contributed by atoms with Gasteiger partial charge < -0.3 is 0 Å². The Morgan fingerprint density at radius 2 is 1.92 bits per heavy atom. The maximum Gasteiger partial charge on any atom is 0.0362 e. The molecule has 0 amide bonds. The molecule has 2 saturated heterocycles. The topological polar surface area (TPSA) is 6.48 Å². The SMILES string of the molecule is CC(C)N1CCC2C1CCCN2I. The summed E-state index contributed by atoms with van der Waals surface area (Å²) in [4.78, 5) is 2.69. The number of rotatable bonds is 1. The molecule has 0 aromatic heterocycles. The number of fused-ring (bicyclic) bond motifs is 1. The minimum absolute atomic E-state index is 0.734. The van der Waals surface area contributed by atoms with E-state index < -0.39 is 0 Å². The van der Waals surface area contributed by atoms with Crippen LogP contribution in [0.4, 0.5) is 0 Å². The van der Waals surface area contributed by atoms with E-state index in [2.05, 4.69) is 44.7 Å². The Balaban J connectivity index is 2.06. The van der Waals surface area contributed by atoms with Gasteiger partial charge in [-0.05, 0) is 33.1 Å². The molecule has 76 valence electrons. The lowest BCUT2D eigenvalue weighted by molar-refractivity contribution is 0.140. The number of piperidine rings is 1. The lowest BCUT2D eigenvalue weighted by Gasteiger charge is -2.38. The Morgan fingerprint density at radius 1 is 1.15 bits per heavy atom. The molecule has 2 heterocycles. The van der Waals surface area contributed by atoms with E-state index in [4.69, 9.17) is 0 Å². The van der Waals surface area contributed by atoms with Crippen LogP contribution in [-0.4, -0.2) is 39.2 Å². The fourth-order valence-corrected chi connectivity index (χ4v) is 3.79. The molecular formula is C10H19IN2. The van der Waals surface area contributed by atoms with Crippen molar-refractivity contribution in [3.05, 3.63) is 0 Å². The maximum atomic E-state index is 2.69. The van der Waals surface area contributed by atoms with Crippen molar-refractivity contribution in [1.82, 2.24) is 8.01 Å². The molecule has 13 heavy (non-hydrogen) atoms. The molecule has 2 atom stereocenters. The number of halogens is 1. The first-order chi connectivity index (χ1) is 6.20. The van der Waals surface area contributed by atoms with E-state index in [0.29, 0.717) is 0 Å². The molecule has 0 bridgehead atoms. The third-order valence-corrected chi connectivity index (χ3v) is 4.65. The van der Waals surface area contributed by atoms with Crippen LogP contribution in [0.25, 0.3) is 0 Å². The highest BCUT2D eigenvalue weighted by Gasteiger charge is 2.39. The molecule has 3 heteroatoms. The molecule has 0 aromatic rings. The summed E-state index contributed by atoms with van der Waals surface area (Å²) in [6, 6.07) is 2.43. The molecule has 2 unspecified atom stereocenters. The van der Waals surface area contributed by atoms with Crippen LogP contribution in [0.5, 0.6) is 0 Å². The fourth-order valence-electron chi connectivity index (χ4n) is 2.80. The molecule has 2 rings (SSSR count). The van der Waals surface area contributed by atoms with Gasteiger partial charge in [-0.1, -0.05) is 0 Å². The van der Waals surface area contributed by atoms with Crippen LogP contribution in [0, 0.1) is 0 Å². The maximum absolute atomic E-state index is 2.69. The minimum Gasteiger partial charge on any atom is -0.296 e. The molecule has 0 saturated carbocycles. The van der Waals surface area contributed by atoms with Gasteiger partial charge in [0, 0.05) is 54.1 Å². The normalized spacial score (nSPS) is 36.9. The largest absolute Gasteiger partial charge is 0.296 e. The van der Waals surface area contributed by atoms with Gasteiger partial charge in [-0.15, -0.1) is 0 Å². The quantitative estimate of drug-likeness (QED) is 0.541. The van der Waals surface area contributed by atoms with Gasteiger partial charge in [0.05, 0.1) is 0 Å². The Hall–Kier alpha value is 0.650. The Kier molecular flexibility index (Phi) is 3.15. The summed E-state index contributed by atoms with van der Waals surface area (Å²) in [5.41, 5.74) is 0. The van der Waals surface area contributed by atoms with Gasteiger partial charge >= 0.3 is 0 Å². The van der Waals surface area contributed by atoms with E-state index in [1.807, 2.05) is 0 Å². The van der Waals surface area contributed by atoms with Crippen molar-refractivity contribution >= 4 is 22.9 Å². The second kappa shape index (κ2) is 4.03. The average Bonchev–Trinajstić information content (AvgIpc) is 2.48. The number of hydrogen-bond acceptors (Lipinski definition) is 2. The summed E-state index contributed by atoms with van der Waals surface area (Å²) in [6.45, 7) is 7.27. The van der Waals surface area contributed by atoms with Crippen LogP contribution in [0.1, 0.15) is 33.1 Å². The molecular weight excluding hydrogens is 275 g/mol. The second-order valence-electron chi connectivity index (χ2n) is 4.52. The van der Waals surface area contributed by atoms with Crippen LogP contribution in [0.2, 0.25) is 0 Å². The lowest BCUT2D eigenvalue weighted by Crippen LogP contribution is -2.47. The molecule has 2 fully saturated rings. The summed E-state index contributed by atoms with van der Waals surface area (Å²) in [5, 5.41) is 0. The molecule has 0 radical (unpaired) electrons. The highest BCUT2D eigenvalue weighted by atomic mass is 127. The van der Waals surface area contributed by atoms with Gasteiger partial charge in [0.15, 0.2) is 0 Å². The van der Waals surface area contributed by atoms with E-state index in [1.54, 1.807) is 0 Å². The summed E-state index contributed by atoms with van der Waals surface area (Å²) in [5.74, 6) is 0. The fraction of sp³-hybridized carbons (Fsp3) is 1.00. The molecule has 0 N–H and O–H groups in total. The molecule has 0 spiro atoms. The minimum atomic E-state index is 0.734. The van der Waals surface area contributed by atoms with E-state index in [9.17, 15) is 0 Å². The zero-order chi connectivity index (χ0) is 9.42. The third-order valence-electron chi connectivity index (χ3n) is 3.45. The Bertz CT molecular complexity index is 178. The van der Waals surface area contributed by atoms with Gasteiger partial charge in [0.2, 0.25) is 0 Å². The summed E-state index contributed by atoms with van der Waals surface area (Å²) < 4.78 is 2.54. The average molecular weight is 294 g/mol. The summed E-state index contributed by atoms with van der Waals surface area (Å²) in [7, 11) is 0. The van der Waals surface area contributed by atoms with Crippen molar-refractivity contribution in [2.24, 2.45) is 0 Å². The van der Waals surface area contributed by atoms with Crippen LogP contribution >= 0.6 is 22.9 Å². The van der Waals surface area contributed by atoms with E-state index in [-0.39, 0.29) is 0 Å². The second-order valence-corrected chi connectivity index (χ2v) is 5.76. The van der Waals surface area contributed by atoms with Gasteiger partial charge in [-0.2, -0.15) is 0 Å². The van der Waals surface area contributed by atoms with E-state index >= 15 is 0 Å². The lowest BCUT2D eigenvalue weighted by atomic mass is 9.99. The Morgan fingerprint density at radius 3 is 2.62 bits per heavy atom. The summed E-state index contributed by atoms with van der Waals surface area (Å²) >= 11 is 2.51. The van der Waals surface area contributed by atoms with Crippen LogP contribution in [0.3, 0.4) is 0 Å². The third kappa shape index (κ3) is 1.88. The Labute approximate surface area is 95.2 Å². The standard InChI is InChI=1S/C10H19IN2/c1-8(2)12-7-5-10-9(12)4-3-6-13(10)11/h8-10H,3-7H2,1-2H3. The highest BCUT2D eigenvalue weighted by molar-refractivity contribution is 14.1. The van der Waals surface area contributed by atoms with Crippen molar-refractivity contribution < 1.29 is 0 Å². The molecule has 0 aliphatic carbocycles. The first kappa shape index (κ1) is 10.2. The molecule has 2 nitrogen and oxygen atoms in total. The smallest absolute Gasteiger partial charge is 0.0362 e. The van der Waals surface area contributed by atoms with Gasteiger partial charge in [-0.25, -0.2) is 3.11 Å². The molecule has 0 aromatic carbocycles. The van der Waals surface area contributed by atoms with E-state index in [1.165, 1.54) is 32.4 Å².